The van der Waals surface area contributed by atoms with E-state index >= 15 is 0 Å². The van der Waals surface area contributed by atoms with Crippen LogP contribution in [0.4, 0.5) is 4.39 Å². The molecule has 0 spiro atoms. The van der Waals surface area contributed by atoms with Crippen LogP contribution < -0.4 is 0 Å². The molecule has 122 valence electrons. The Kier molecular flexibility index (Phi) is 3.33. The summed E-state index contributed by atoms with van der Waals surface area (Å²) in [5.74, 6) is -0.405. The number of carbonyl (C=O) groups is 1. The minimum atomic E-state index is -0.531. The number of amides is 1. The molecular weight excluding hydrogens is 307 g/mol. The summed E-state index contributed by atoms with van der Waals surface area (Å²) in [4.78, 5) is 19.6. The van der Waals surface area contributed by atoms with Crippen LogP contribution >= 0.6 is 0 Å². The number of halogens is 1. The highest BCUT2D eigenvalue weighted by Crippen LogP contribution is 2.40. The van der Waals surface area contributed by atoms with E-state index in [9.17, 15) is 9.18 Å². The predicted octanol–water partition coefficient (Wildman–Crippen LogP) is 2.80. The Morgan fingerprint density at radius 1 is 1.25 bits per heavy atom. The van der Waals surface area contributed by atoms with E-state index in [-0.39, 0.29) is 17.9 Å². The molecule has 1 aliphatic carbocycles. The highest BCUT2D eigenvalue weighted by molar-refractivity contribution is 6.05. The van der Waals surface area contributed by atoms with E-state index in [2.05, 4.69) is 4.98 Å². The summed E-state index contributed by atoms with van der Waals surface area (Å²) in [5.41, 5.74) is 1.87. The van der Waals surface area contributed by atoms with Crippen LogP contribution in [0.25, 0.3) is 11.1 Å². The van der Waals surface area contributed by atoms with E-state index in [0.717, 1.165) is 18.4 Å². The molecule has 2 fully saturated rings. The van der Waals surface area contributed by atoms with Crippen molar-refractivity contribution in [2.24, 2.45) is 0 Å². The summed E-state index contributed by atoms with van der Waals surface area (Å²) >= 11 is 0. The molecule has 1 saturated carbocycles. The zero-order valence-corrected chi connectivity index (χ0v) is 13.2. The largest absolute Gasteiger partial charge is 0.323 e. The van der Waals surface area contributed by atoms with E-state index in [0.29, 0.717) is 11.1 Å². The lowest BCUT2D eigenvalue weighted by Gasteiger charge is -2.23. The first-order valence-corrected chi connectivity index (χ1v) is 7.93. The molecule has 5 nitrogen and oxygen atoms in total. The molecule has 24 heavy (non-hydrogen) atoms. The van der Waals surface area contributed by atoms with Gasteiger partial charge in [0.15, 0.2) is 0 Å². The van der Waals surface area contributed by atoms with Crippen molar-refractivity contribution in [2.75, 3.05) is 7.05 Å². The Morgan fingerprint density at radius 2 is 2.04 bits per heavy atom. The molecule has 2 aromatic rings. The van der Waals surface area contributed by atoms with E-state index < -0.39 is 12.0 Å². The molecule has 1 atom stereocenters. The lowest BCUT2D eigenvalue weighted by molar-refractivity contribution is -0.127. The summed E-state index contributed by atoms with van der Waals surface area (Å²) in [5, 5.41) is 8.21. The first-order valence-electron chi connectivity index (χ1n) is 7.93. The van der Waals surface area contributed by atoms with Crippen LogP contribution in [0.3, 0.4) is 0 Å². The lowest BCUT2D eigenvalue weighted by atomic mass is 9.99. The van der Waals surface area contributed by atoms with Gasteiger partial charge in [-0.25, -0.2) is 4.98 Å². The molecule has 0 bridgehead atoms. The maximum absolute atomic E-state index is 14.0. The summed E-state index contributed by atoms with van der Waals surface area (Å²) in [6, 6.07) is 10.4. The maximum atomic E-state index is 14.0. The van der Waals surface area contributed by atoms with Crippen molar-refractivity contribution in [2.45, 2.75) is 24.9 Å². The second-order valence-corrected chi connectivity index (χ2v) is 6.23. The Balaban J connectivity index is 1.77. The number of hydrogen-bond acceptors (Lipinski definition) is 3. The first-order chi connectivity index (χ1) is 11.6. The second-order valence-electron chi connectivity index (χ2n) is 6.23. The van der Waals surface area contributed by atoms with Crippen LogP contribution in [0.5, 0.6) is 0 Å². The number of carbonyl (C=O) groups excluding carboxylic acids is 1. The molecule has 1 aromatic carbocycles. The fourth-order valence-electron chi connectivity index (χ4n) is 3.22. The average molecular weight is 324 g/mol. The first kappa shape index (κ1) is 14.8. The fourth-order valence-corrected chi connectivity index (χ4v) is 3.22. The van der Waals surface area contributed by atoms with Crippen LogP contribution in [-0.4, -0.2) is 39.7 Å². The van der Waals surface area contributed by atoms with Gasteiger partial charge in [0.25, 0.3) is 5.91 Å². The third-order valence-electron chi connectivity index (χ3n) is 4.62. The van der Waals surface area contributed by atoms with Gasteiger partial charge in [-0.3, -0.25) is 15.1 Å². The molecule has 0 unspecified atom stereocenters. The summed E-state index contributed by atoms with van der Waals surface area (Å²) in [6.45, 7) is 0. The van der Waals surface area contributed by atoms with Crippen LogP contribution in [0.1, 0.15) is 24.4 Å². The van der Waals surface area contributed by atoms with E-state index in [4.69, 9.17) is 5.41 Å². The number of nitrogens with zero attached hydrogens (tertiary/aromatic N) is 3. The van der Waals surface area contributed by atoms with Gasteiger partial charge in [0.05, 0.1) is 0 Å². The highest BCUT2D eigenvalue weighted by atomic mass is 19.1. The number of aromatic nitrogens is 1. The van der Waals surface area contributed by atoms with Crippen LogP contribution in [0.2, 0.25) is 0 Å². The van der Waals surface area contributed by atoms with Gasteiger partial charge in [0.2, 0.25) is 11.9 Å². The van der Waals surface area contributed by atoms with Crippen molar-refractivity contribution in [3.05, 3.63) is 54.1 Å². The van der Waals surface area contributed by atoms with Crippen molar-refractivity contribution in [1.29, 1.82) is 5.41 Å². The van der Waals surface area contributed by atoms with Crippen LogP contribution in [0, 0.1) is 11.4 Å². The number of guanidine groups is 1. The molecule has 6 heteroatoms. The number of benzene rings is 1. The molecule has 1 N–H and O–H groups in total. The summed E-state index contributed by atoms with van der Waals surface area (Å²) < 4.78 is 14.0. The molecule has 4 rings (SSSR count). The zero-order valence-electron chi connectivity index (χ0n) is 13.2. The van der Waals surface area contributed by atoms with Gasteiger partial charge >= 0.3 is 0 Å². The van der Waals surface area contributed by atoms with Gasteiger partial charge < -0.3 is 4.90 Å². The molecule has 1 amide bonds. The number of hydrogen-bond donors (Lipinski definition) is 1. The van der Waals surface area contributed by atoms with E-state index in [1.807, 2.05) is 23.1 Å². The SMILES string of the molecule is CN1C(=N)N(C2CC2)[C@H](c2cccc(-c3cccnc3F)c2)C1=O. The smallest absolute Gasteiger partial charge is 0.256 e. The van der Waals surface area contributed by atoms with Crippen molar-refractivity contribution in [1.82, 2.24) is 14.8 Å². The minimum Gasteiger partial charge on any atom is -0.323 e. The topological polar surface area (TPSA) is 60.3 Å². The van der Waals surface area contributed by atoms with Crippen molar-refractivity contribution >= 4 is 11.9 Å². The lowest BCUT2D eigenvalue weighted by Crippen LogP contribution is -2.33. The molecular formula is C18H17FN4O. The number of rotatable bonds is 3. The summed E-state index contributed by atoms with van der Waals surface area (Å²) in [7, 11) is 1.63. The van der Waals surface area contributed by atoms with Crippen molar-refractivity contribution < 1.29 is 9.18 Å². The van der Waals surface area contributed by atoms with Gasteiger partial charge in [-0.1, -0.05) is 18.2 Å². The van der Waals surface area contributed by atoms with Gasteiger partial charge in [-0.15, -0.1) is 0 Å². The van der Waals surface area contributed by atoms with Gasteiger partial charge in [-0.2, -0.15) is 4.39 Å². The molecule has 1 aromatic heterocycles. The number of pyridine rings is 1. The fraction of sp³-hybridized carbons (Fsp3) is 0.278. The zero-order chi connectivity index (χ0) is 16.8. The molecule has 2 heterocycles. The van der Waals surface area contributed by atoms with E-state index in [1.54, 1.807) is 25.2 Å². The third kappa shape index (κ3) is 2.26. The number of likely N-dealkylation sites (N-methyl/N-ethyl adjacent to an activating group) is 1. The quantitative estimate of drug-likeness (QED) is 0.883. The monoisotopic (exact) mass is 324 g/mol. The van der Waals surface area contributed by atoms with E-state index in [1.165, 1.54) is 11.1 Å². The molecule has 0 radical (unpaired) electrons. The molecule has 1 saturated heterocycles. The minimum absolute atomic E-state index is 0.115. The van der Waals surface area contributed by atoms with Crippen LogP contribution in [-0.2, 0) is 4.79 Å². The van der Waals surface area contributed by atoms with Gasteiger partial charge in [0, 0.05) is 24.8 Å². The van der Waals surface area contributed by atoms with Crippen LogP contribution in [0.15, 0.2) is 42.6 Å². The molecule has 1 aliphatic heterocycles. The Bertz CT molecular complexity index is 833. The maximum Gasteiger partial charge on any atom is 0.256 e. The Morgan fingerprint density at radius 3 is 2.75 bits per heavy atom. The highest BCUT2D eigenvalue weighted by Gasteiger charge is 2.48. The summed E-state index contributed by atoms with van der Waals surface area (Å²) in [6.07, 6.45) is 3.40. The normalized spacial score (nSPS) is 20.8. The van der Waals surface area contributed by atoms with Gasteiger partial charge in [0.1, 0.15) is 6.04 Å². The second kappa shape index (κ2) is 5.40. The average Bonchev–Trinajstić information content (AvgIpc) is 3.40. The Labute approximate surface area is 139 Å². The molecule has 2 aliphatic rings. The Hall–Kier alpha value is -2.76. The standard InChI is InChI=1S/C18H17FN4O/c1-22-17(24)15(23(18(22)20)13-7-8-13)12-5-2-4-11(10-12)14-6-3-9-21-16(14)19/h2-6,9-10,13,15,20H,7-8H2,1H3/t15-/m1/s1. The van der Waals surface area contributed by atoms with Crippen molar-refractivity contribution in [3.8, 4) is 11.1 Å². The number of nitrogens with one attached hydrogen (secondary N) is 1. The third-order valence-corrected chi connectivity index (χ3v) is 4.62. The predicted molar refractivity (Wildman–Crippen MR) is 87.7 cm³/mol. The van der Waals surface area contributed by atoms with Gasteiger partial charge in [-0.05, 0) is 42.2 Å². The van der Waals surface area contributed by atoms with Crippen molar-refractivity contribution in [3.63, 3.8) is 0 Å².